The molecule has 1 radical (unpaired) electrons. The number of hydrogen-bond acceptors (Lipinski definition) is 5. The van der Waals surface area contributed by atoms with Crippen molar-refractivity contribution in [1.82, 2.24) is 0 Å². The normalized spacial score (nSPS) is 13.4. The van der Waals surface area contributed by atoms with Gasteiger partial charge in [0.05, 0.1) is 12.2 Å². The number of carbonyl (C=O) groups is 1. The molecule has 0 saturated carbocycles. The van der Waals surface area contributed by atoms with E-state index in [1.54, 1.807) is 6.92 Å². The lowest BCUT2D eigenvalue weighted by Gasteiger charge is -2.22. The smallest absolute Gasteiger partial charge is 0.397 e. The zero-order valence-corrected chi connectivity index (χ0v) is 20.9. The maximum absolute atomic E-state index is 11.9. The number of aliphatic hydroxyl groups is 1. The Labute approximate surface area is 195 Å². The van der Waals surface area contributed by atoms with Crippen molar-refractivity contribution < 1.29 is 50.5 Å². The molecule has 1 N–H and O–H groups in total. The van der Waals surface area contributed by atoms with E-state index < -0.39 is 30.7 Å². The lowest BCUT2D eigenvalue weighted by atomic mass is 9.88. The van der Waals surface area contributed by atoms with Gasteiger partial charge in [0.1, 0.15) is 20.0 Å². The molecule has 5 nitrogen and oxygen atoms in total. The third kappa shape index (κ3) is 26.9. The molecule has 0 saturated heterocycles. The Hall–Kier alpha value is -1.27. The molecule has 0 aliphatic rings. The van der Waals surface area contributed by atoms with E-state index in [0.29, 0.717) is 5.57 Å². The van der Waals surface area contributed by atoms with Gasteiger partial charge in [0.25, 0.3) is 5.92 Å². The molecule has 0 aromatic heterocycles. The summed E-state index contributed by atoms with van der Waals surface area (Å²) in [5.74, 6) is -7.64. The summed E-state index contributed by atoms with van der Waals surface area (Å²) in [6.07, 6.45) is -2.85. The number of aliphatic hydroxyl groups excluding tert-OH is 1. The average Bonchev–Trinajstić information content (AvgIpc) is 2.73. The highest BCUT2D eigenvalue weighted by atomic mass is 19.4. The van der Waals surface area contributed by atoms with Crippen LogP contribution >= 0.6 is 0 Å². The number of ether oxygens (including phenoxy) is 3. The van der Waals surface area contributed by atoms with Crippen LogP contribution in [0.3, 0.4) is 0 Å². The van der Waals surface area contributed by atoms with Crippen molar-refractivity contribution in [1.29, 1.82) is 0 Å². The second-order valence-corrected chi connectivity index (χ2v) is 6.97. The molecule has 199 valence electrons. The Morgan fingerprint density at radius 2 is 1.39 bits per heavy atom. The van der Waals surface area contributed by atoms with Gasteiger partial charge >= 0.3 is 12.1 Å². The molecule has 0 amide bonds. The van der Waals surface area contributed by atoms with E-state index in [0.717, 1.165) is 12.8 Å². The summed E-state index contributed by atoms with van der Waals surface area (Å²) in [4.78, 5) is 10.8. The van der Waals surface area contributed by atoms with Crippen LogP contribution in [0, 0.1) is 5.92 Å². The van der Waals surface area contributed by atoms with Crippen LogP contribution in [0.1, 0.15) is 54.4 Å². The predicted octanol–water partition coefficient (Wildman–Crippen LogP) is 6.21. The lowest BCUT2D eigenvalue weighted by Crippen LogP contribution is -2.38. The van der Waals surface area contributed by atoms with Crippen molar-refractivity contribution in [2.75, 3.05) is 20.3 Å². The summed E-state index contributed by atoms with van der Waals surface area (Å²) in [5.41, 5.74) is 0.391. The topological polar surface area (TPSA) is 65.0 Å². The quantitative estimate of drug-likeness (QED) is 0.128. The summed E-state index contributed by atoms with van der Waals surface area (Å²) < 4.78 is 84.2. The minimum Gasteiger partial charge on any atom is -0.435 e. The molecule has 0 bridgehead atoms. The molecule has 0 rings (SSSR count). The monoisotopic (exact) mass is 497 g/mol. The molecule has 0 fully saturated rings. The minimum atomic E-state index is -5.05. The first-order valence-electron chi connectivity index (χ1n) is 10.4. The van der Waals surface area contributed by atoms with E-state index in [1.165, 1.54) is 0 Å². The Bertz CT molecular complexity index is 479. The fourth-order valence-electron chi connectivity index (χ4n) is 1.05. The van der Waals surface area contributed by atoms with Gasteiger partial charge in [0.2, 0.25) is 0 Å². The molecule has 3 unspecified atom stereocenters. The standard InChI is InChI=1S/C9H16O3.C5H6F6.C5H12O2.C2H6B/c1-5-8(4)11-6-12-9(10)7(2)3;1-3(5(9,10)11)4(7,8)2-6;1-3-5(2)7-4-6;1-3-2/h8H,2,5-6H2,1,3-4H3;3H,2H2,1H3;5-6H,3-4H2,1-2H3;1-2H3. The zero-order valence-electron chi connectivity index (χ0n) is 20.9. The highest BCUT2D eigenvalue weighted by molar-refractivity contribution is 6.31. The number of hydrogen-bond donors (Lipinski definition) is 1. The SMILES string of the molecule is C=C(C)C(=O)OCOC(C)CC.CC(C(F)(F)F)C(F)(F)CF.CCC(C)OCO.C[B]C. The number of rotatable bonds is 10. The molecular weight excluding hydrogens is 457 g/mol. The predicted molar refractivity (Wildman–Crippen MR) is 118 cm³/mol. The summed E-state index contributed by atoms with van der Waals surface area (Å²) in [7, 11) is 2.00. The van der Waals surface area contributed by atoms with Gasteiger partial charge in [-0.1, -0.05) is 34.1 Å². The number of alkyl halides is 6. The zero-order chi connectivity index (χ0) is 27.3. The van der Waals surface area contributed by atoms with E-state index in [1.807, 2.05) is 48.6 Å². The van der Waals surface area contributed by atoms with Crippen molar-refractivity contribution in [2.24, 2.45) is 5.92 Å². The van der Waals surface area contributed by atoms with Gasteiger partial charge in [0.15, 0.2) is 13.5 Å². The van der Waals surface area contributed by atoms with Crippen LogP contribution in [-0.2, 0) is 19.0 Å². The van der Waals surface area contributed by atoms with Crippen molar-refractivity contribution in [3.05, 3.63) is 12.2 Å². The van der Waals surface area contributed by atoms with Crippen molar-refractivity contribution in [3.63, 3.8) is 0 Å². The fourth-order valence-corrected chi connectivity index (χ4v) is 1.05. The Morgan fingerprint density at radius 1 is 1.00 bits per heavy atom. The van der Waals surface area contributed by atoms with Crippen LogP contribution in [0.15, 0.2) is 12.2 Å². The Morgan fingerprint density at radius 3 is 1.61 bits per heavy atom. The van der Waals surface area contributed by atoms with Gasteiger partial charge in [-0.05, 0) is 40.5 Å². The summed E-state index contributed by atoms with van der Waals surface area (Å²) in [5, 5.41) is 8.15. The molecule has 0 aromatic carbocycles. The van der Waals surface area contributed by atoms with E-state index in [-0.39, 0.29) is 32.7 Å². The number of esters is 1. The van der Waals surface area contributed by atoms with Crippen molar-refractivity contribution in [3.8, 4) is 0 Å². The molecule has 33 heavy (non-hydrogen) atoms. The maximum Gasteiger partial charge on any atom is 0.397 e. The highest BCUT2D eigenvalue weighted by Gasteiger charge is 2.52. The molecular formula is C21H40BF6O5. The Balaban J connectivity index is -0.000000185. The molecule has 0 aliphatic heterocycles. The third-order valence-corrected chi connectivity index (χ3v) is 3.70. The minimum absolute atomic E-state index is 0.0146. The first kappa shape index (κ1) is 39.0. The highest BCUT2D eigenvalue weighted by Crippen LogP contribution is 2.37. The first-order chi connectivity index (χ1) is 15.0. The Kier molecular flexibility index (Phi) is 26.6. The van der Waals surface area contributed by atoms with E-state index in [2.05, 4.69) is 6.58 Å². The van der Waals surface area contributed by atoms with Crippen LogP contribution in [-0.4, -0.2) is 62.9 Å². The van der Waals surface area contributed by atoms with Crippen LogP contribution in [0.5, 0.6) is 0 Å². The molecule has 0 aromatic rings. The van der Waals surface area contributed by atoms with Gasteiger partial charge in [-0.25, -0.2) is 18.0 Å². The number of carbonyl (C=O) groups excluding carboxylic acids is 1. The maximum atomic E-state index is 11.9. The molecule has 0 spiro atoms. The van der Waals surface area contributed by atoms with Gasteiger partial charge in [-0.15, -0.1) is 0 Å². The van der Waals surface area contributed by atoms with Gasteiger partial charge in [-0.3, -0.25) is 0 Å². The van der Waals surface area contributed by atoms with Crippen LogP contribution in [0.4, 0.5) is 26.3 Å². The van der Waals surface area contributed by atoms with Crippen molar-refractivity contribution >= 4 is 13.2 Å². The van der Waals surface area contributed by atoms with Crippen LogP contribution in [0.2, 0.25) is 13.6 Å². The first-order valence-corrected chi connectivity index (χ1v) is 10.4. The van der Waals surface area contributed by atoms with Gasteiger partial charge < -0.3 is 19.3 Å². The lowest BCUT2D eigenvalue weighted by molar-refractivity contribution is -0.237. The van der Waals surface area contributed by atoms with Crippen molar-refractivity contribution in [2.45, 2.75) is 92.3 Å². The van der Waals surface area contributed by atoms with Crippen LogP contribution in [0.25, 0.3) is 0 Å². The van der Waals surface area contributed by atoms with E-state index in [4.69, 9.17) is 19.3 Å². The van der Waals surface area contributed by atoms with E-state index >= 15 is 0 Å². The summed E-state index contributed by atoms with van der Waals surface area (Å²) in [6.45, 7) is 14.7. The average molecular weight is 497 g/mol. The van der Waals surface area contributed by atoms with E-state index in [9.17, 15) is 31.1 Å². The third-order valence-electron chi connectivity index (χ3n) is 3.70. The molecule has 0 heterocycles. The largest absolute Gasteiger partial charge is 0.435 e. The van der Waals surface area contributed by atoms with Crippen LogP contribution < -0.4 is 0 Å². The molecule has 12 heteroatoms. The van der Waals surface area contributed by atoms with Gasteiger partial charge in [0, 0.05) is 5.57 Å². The molecule has 0 aliphatic carbocycles. The fraction of sp³-hybridized carbons (Fsp3) is 0.857. The number of halogens is 6. The second kappa shape index (κ2) is 22.5. The molecule has 3 atom stereocenters. The second-order valence-electron chi connectivity index (χ2n) is 6.97. The van der Waals surface area contributed by atoms with Gasteiger partial charge in [-0.2, -0.15) is 13.2 Å². The summed E-state index contributed by atoms with van der Waals surface area (Å²) >= 11 is 0. The summed E-state index contributed by atoms with van der Waals surface area (Å²) in [6, 6.07) is 0.